The maximum absolute atomic E-state index is 12.5. The Morgan fingerprint density at radius 1 is 1.22 bits per heavy atom. The van der Waals surface area contributed by atoms with E-state index in [0.29, 0.717) is 6.61 Å². The molecule has 0 unspecified atom stereocenters. The van der Waals surface area contributed by atoms with Crippen LogP contribution in [0.25, 0.3) is 0 Å². The quantitative estimate of drug-likeness (QED) is 0.433. The molecule has 5 rings (SSSR count). The highest BCUT2D eigenvalue weighted by Gasteiger charge is 2.37. The number of ether oxygens (including phenoxy) is 2. The summed E-state index contributed by atoms with van der Waals surface area (Å²) in [6.07, 6.45) is 9.10. The summed E-state index contributed by atoms with van der Waals surface area (Å²) < 4.78 is 12.1. The monoisotopic (exact) mass is 507 g/mol. The molecular weight excluding hydrogens is 466 g/mol. The van der Waals surface area contributed by atoms with Crippen LogP contribution in [0, 0.1) is 0 Å². The highest BCUT2D eigenvalue weighted by Crippen LogP contribution is 2.38. The van der Waals surface area contributed by atoms with E-state index in [1.807, 2.05) is 26.1 Å². The molecule has 0 bridgehead atoms. The number of aryl methyl sites for hydroxylation is 2. The fourth-order valence-electron chi connectivity index (χ4n) is 6.36. The SMILES string of the molecule is C[C@@H]1OCCc2cccc([C@H](C(=O)O)N(C)[C@H]3CC[C@H](OCCCCc4ccc5c(n4)NCCC5)C3)c21. The van der Waals surface area contributed by atoms with E-state index in [1.54, 1.807) is 0 Å². The lowest BCUT2D eigenvalue weighted by Crippen LogP contribution is -2.39. The Morgan fingerprint density at radius 2 is 2.11 bits per heavy atom. The number of carbonyl (C=O) groups is 1. The number of aromatic nitrogens is 1. The third kappa shape index (κ3) is 6.00. The molecule has 0 amide bonds. The highest BCUT2D eigenvalue weighted by molar-refractivity contribution is 5.76. The van der Waals surface area contributed by atoms with Crippen LogP contribution in [0.1, 0.15) is 85.5 Å². The van der Waals surface area contributed by atoms with E-state index >= 15 is 0 Å². The standard InChI is InChI=1S/C30H41N3O4/c1-20-27-21(15-18-36-20)7-5-10-26(27)28(30(34)35)33(2)24-13-14-25(19-24)37-17-4-3-9-23-12-11-22-8-6-16-31-29(22)32-23/h5,7,10-12,20,24-25,28H,3-4,6,8-9,13-19H2,1-2H3,(H,31,32)(H,34,35)/t20-,24-,25-,28+/m0/s1. The smallest absolute Gasteiger partial charge is 0.325 e. The fraction of sp³-hybridized carbons (Fsp3) is 0.600. The predicted octanol–water partition coefficient (Wildman–Crippen LogP) is 5.09. The first-order valence-electron chi connectivity index (χ1n) is 14.0. The zero-order valence-electron chi connectivity index (χ0n) is 22.2. The number of carboxylic acids is 1. The van der Waals surface area contributed by atoms with Crippen LogP contribution in [0.15, 0.2) is 30.3 Å². The van der Waals surface area contributed by atoms with Crippen molar-refractivity contribution in [1.82, 2.24) is 9.88 Å². The number of pyridine rings is 1. The van der Waals surface area contributed by atoms with Gasteiger partial charge in [0.15, 0.2) is 0 Å². The summed E-state index contributed by atoms with van der Waals surface area (Å²) in [7, 11) is 1.96. The Balaban J connectivity index is 1.11. The van der Waals surface area contributed by atoms with Gasteiger partial charge in [-0.2, -0.15) is 0 Å². The number of aliphatic carboxylic acids is 1. The average molecular weight is 508 g/mol. The Morgan fingerprint density at radius 3 is 2.97 bits per heavy atom. The Kier molecular flexibility index (Phi) is 8.43. The van der Waals surface area contributed by atoms with Crippen LogP contribution in [0.2, 0.25) is 0 Å². The van der Waals surface area contributed by atoms with E-state index in [0.717, 1.165) is 87.2 Å². The number of hydrogen-bond donors (Lipinski definition) is 2. The van der Waals surface area contributed by atoms with Gasteiger partial charge in [0, 0.05) is 24.9 Å². The molecule has 0 radical (unpaired) electrons. The van der Waals surface area contributed by atoms with Crippen molar-refractivity contribution in [3.63, 3.8) is 0 Å². The lowest BCUT2D eigenvalue weighted by atomic mass is 9.88. The second-order valence-corrected chi connectivity index (χ2v) is 10.8. The van der Waals surface area contributed by atoms with Crippen molar-refractivity contribution in [1.29, 1.82) is 0 Å². The molecule has 2 aliphatic heterocycles. The second kappa shape index (κ2) is 11.9. The summed E-state index contributed by atoms with van der Waals surface area (Å²) in [4.78, 5) is 19.3. The van der Waals surface area contributed by atoms with Gasteiger partial charge in [-0.1, -0.05) is 24.3 Å². The molecule has 3 heterocycles. The summed E-state index contributed by atoms with van der Waals surface area (Å²) in [5.41, 5.74) is 5.63. The van der Waals surface area contributed by atoms with Gasteiger partial charge in [0.2, 0.25) is 0 Å². The third-order valence-electron chi connectivity index (χ3n) is 8.38. The molecule has 3 aliphatic rings. The van der Waals surface area contributed by atoms with Crippen molar-refractivity contribution in [2.75, 3.05) is 32.1 Å². The summed E-state index contributed by atoms with van der Waals surface area (Å²) in [6, 6.07) is 9.96. The van der Waals surface area contributed by atoms with Crippen LogP contribution < -0.4 is 5.32 Å². The molecule has 2 N–H and O–H groups in total. The Labute approximate surface area is 220 Å². The number of nitrogens with one attached hydrogen (secondary N) is 1. The molecule has 4 atom stereocenters. The number of hydrogen-bond acceptors (Lipinski definition) is 6. The summed E-state index contributed by atoms with van der Waals surface area (Å²) in [5.74, 6) is 0.266. The van der Waals surface area contributed by atoms with Crippen LogP contribution in [0.3, 0.4) is 0 Å². The number of anilines is 1. The first-order valence-corrected chi connectivity index (χ1v) is 14.0. The van der Waals surface area contributed by atoms with Crippen LogP contribution >= 0.6 is 0 Å². The zero-order valence-corrected chi connectivity index (χ0v) is 22.2. The van der Waals surface area contributed by atoms with Gasteiger partial charge in [-0.05, 0) is 100 Å². The molecule has 0 saturated heterocycles. The molecular formula is C30H41N3O4. The van der Waals surface area contributed by atoms with E-state index < -0.39 is 12.0 Å². The highest BCUT2D eigenvalue weighted by atomic mass is 16.5. The molecule has 7 heteroatoms. The van der Waals surface area contributed by atoms with E-state index in [2.05, 4.69) is 28.4 Å². The molecule has 1 saturated carbocycles. The van der Waals surface area contributed by atoms with Crippen molar-refractivity contribution in [3.05, 3.63) is 58.3 Å². The predicted molar refractivity (Wildman–Crippen MR) is 144 cm³/mol. The lowest BCUT2D eigenvalue weighted by molar-refractivity contribution is -0.144. The van der Waals surface area contributed by atoms with Crippen LogP contribution in [-0.4, -0.2) is 59.9 Å². The topological polar surface area (TPSA) is 83.9 Å². The molecule has 7 nitrogen and oxygen atoms in total. The van der Waals surface area contributed by atoms with Gasteiger partial charge < -0.3 is 19.9 Å². The minimum Gasteiger partial charge on any atom is -0.480 e. The summed E-state index contributed by atoms with van der Waals surface area (Å²) in [5, 5.41) is 13.7. The van der Waals surface area contributed by atoms with Crippen molar-refractivity contribution in [2.24, 2.45) is 0 Å². The van der Waals surface area contributed by atoms with Crippen molar-refractivity contribution in [2.45, 2.75) is 89.0 Å². The first kappa shape index (κ1) is 26.1. The summed E-state index contributed by atoms with van der Waals surface area (Å²) in [6.45, 7) is 4.48. The lowest BCUT2D eigenvalue weighted by Gasteiger charge is -2.34. The molecule has 1 aliphatic carbocycles. The Bertz CT molecular complexity index is 1090. The number of carboxylic acid groups (broad SMARTS) is 1. The molecule has 37 heavy (non-hydrogen) atoms. The molecule has 1 aromatic heterocycles. The van der Waals surface area contributed by atoms with Gasteiger partial charge in [-0.15, -0.1) is 0 Å². The van der Waals surface area contributed by atoms with Crippen LogP contribution in [0.4, 0.5) is 5.82 Å². The largest absolute Gasteiger partial charge is 0.480 e. The number of rotatable bonds is 10. The number of likely N-dealkylation sites (N-methyl/N-ethyl adjacent to an activating group) is 1. The maximum atomic E-state index is 12.5. The van der Waals surface area contributed by atoms with Crippen molar-refractivity contribution >= 4 is 11.8 Å². The summed E-state index contributed by atoms with van der Waals surface area (Å²) >= 11 is 0. The second-order valence-electron chi connectivity index (χ2n) is 10.8. The number of unbranched alkanes of at least 4 members (excludes halogenated alkanes) is 1. The number of benzene rings is 1. The van der Waals surface area contributed by atoms with Gasteiger partial charge in [-0.3, -0.25) is 9.69 Å². The minimum absolute atomic E-state index is 0.0809. The van der Waals surface area contributed by atoms with Crippen LogP contribution in [0.5, 0.6) is 0 Å². The van der Waals surface area contributed by atoms with Crippen molar-refractivity contribution < 1.29 is 19.4 Å². The normalized spacial score (nSPS) is 23.8. The number of nitrogens with zero attached hydrogens (tertiary/aromatic N) is 2. The molecule has 0 spiro atoms. The van der Waals surface area contributed by atoms with E-state index in [1.165, 1.54) is 17.5 Å². The average Bonchev–Trinajstić information content (AvgIpc) is 3.37. The van der Waals surface area contributed by atoms with Gasteiger partial charge in [0.1, 0.15) is 11.9 Å². The molecule has 1 fully saturated rings. The maximum Gasteiger partial charge on any atom is 0.325 e. The van der Waals surface area contributed by atoms with Gasteiger partial charge in [0.25, 0.3) is 0 Å². The molecule has 2 aromatic rings. The third-order valence-corrected chi connectivity index (χ3v) is 8.38. The van der Waals surface area contributed by atoms with Gasteiger partial charge >= 0.3 is 5.97 Å². The minimum atomic E-state index is -0.802. The zero-order chi connectivity index (χ0) is 25.8. The Hall–Kier alpha value is -2.48. The van der Waals surface area contributed by atoms with E-state index in [-0.39, 0.29) is 18.2 Å². The molecule has 200 valence electrons. The first-order chi connectivity index (χ1) is 18.0. The van der Waals surface area contributed by atoms with Crippen molar-refractivity contribution in [3.8, 4) is 0 Å². The van der Waals surface area contributed by atoms with E-state index in [9.17, 15) is 9.90 Å². The number of fused-ring (bicyclic) bond motifs is 2. The van der Waals surface area contributed by atoms with Gasteiger partial charge in [0.05, 0.1) is 18.8 Å². The van der Waals surface area contributed by atoms with E-state index in [4.69, 9.17) is 14.5 Å². The van der Waals surface area contributed by atoms with Crippen LogP contribution in [-0.2, 0) is 33.5 Å². The molecule has 1 aromatic carbocycles. The fourth-order valence-corrected chi connectivity index (χ4v) is 6.36. The van der Waals surface area contributed by atoms with Gasteiger partial charge in [-0.25, -0.2) is 4.98 Å².